The highest BCUT2D eigenvalue weighted by atomic mass is 127. The van der Waals surface area contributed by atoms with Crippen molar-refractivity contribution in [3.8, 4) is 0 Å². The molecule has 0 unspecified atom stereocenters. The summed E-state index contributed by atoms with van der Waals surface area (Å²) >= 11 is 1.84. The van der Waals surface area contributed by atoms with E-state index in [1.54, 1.807) is 0 Å². The third-order valence-electron chi connectivity index (χ3n) is 2.72. The van der Waals surface area contributed by atoms with Crippen LogP contribution in [-0.4, -0.2) is 49.8 Å². The molecule has 0 aliphatic heterocycles. The summed E-state index contributed by atoms with van der Waals surface area (Å²) in [6, 6.07) is 0. The molecule has 2 N–H and O–H groups in total. The maximum Gasteiger partial charge on any atom is 0.191 e. The number of nitrogens with one attached hydrogen (secondary N) is 2. The molecule has 0 aliphatic carbocycles. The fourth-order valence-corrected chi connectivity index (χ4v) is 1.57. The van der Waals surface area contributed by atoms with Gasteiger partial charge < -0.3 is 15.4 Å². The summed E-state index contributed by atoms with van der Waals surface area (Å²) in [4.78, 5) is 4.63. The van der Waals surface area contributed by atoms with Crippen molar-refractivity contribution in [2.45, 2.75) is 45.8 Å². The summed E-state index contributed by atoms with van der Waals surface area (Å²) in [5, 5.41) is 6.63. The lowest BCUT2D eigenvalue weighted by Crippen LogP contribution is -2.39. The molecule has 0 saturated carbocycles. The first-order chi connectivity index (χ1) is 9.41. The SMILES string of the molecule is CCNC(=NCC(C)(C)SC)NCCCOCC(C)C.I. The van der Waals surface area contributed by atoms with Gasteiger partial charge in [-0.1, -0.05) is 13.8 Å². The molecule has 6 heteroatoms. The van der Waals surface area contributed by atoms with Gasteiger partial charge in [-0.05, 0) is 39.4 Å². The van der Waals surface area contributed by atoms with Crippen molar-refractivity contribution in [2.24, 2.45) is 10.9 Å². The fraction of sp³-hybridized carbons (Fsp3) is 0.933. The minimum atomic E-state index is 0. The van der Waals surface area contributed by atoms with Gasteiger partial charge in [0, 0.05) is 31.1 Å². The first-order valence-electron chi connectivity index (χ1n) is 7.56. The topological polar surface area (TPSA) is 45.7 Å². The lowest BCUT2D eigenvalue weighted by Gasteiger charge is -2.20. The standard InChI is InChI=1S/C15H33N3OS.HI/c1-7-16-14(18-12-15(4,5)20-6)17-9-8-10-19-11-13(2)3;/h13H,7-12H2,1-6H3,(H2,16,17,18);1H. The van der Waals surface area contributed by atoms with Gasteiger partial charge in [0.25, 0.3) is 0 Å². The minimum Gasteiger partial charge on any atom is -0.381 e. The van der Waals surface area contributed by atoms with E-state index in [4.69, 9.17) is 4.74 Å². The number of hydrogen-bond donors (Lipinski definition) is 2. The Kier molecular flexibility index (Phi) is 15.6. The number of aliphatic imine (C=N–C) groups is 1. The van der Waals surface area contributed by atoms with Gasteiger partial charge in [0.2, 0.25) is 0 Å². The van der Waals surface area contributed by atoms with Crippen molar-refractivity contribution < 1.29 is 4.74 Å². The molecule has 128 valence electrons. The van der Waals surface area contributed by atoms with Crippen molar-refractivity contribution in [3.05, 3.63) is 0 Å². The van der Waals surface area contributed by atoms with E-state index in [-0.39, 0.29) is 28.7 Å². The van der Waals surface area contributed by atoms with Crippen molar-refractivity contribution >= 4 is 41.7 Å². The molecule has 0 rings (SSSR count). The number of hydrogen-bond acceptors (Lipinski definition) is 3. The van der Waals surface area contributed by atoms with E-state index < -0.39 is 0 Å². The number of halogens is 1. The normalized spacial score (nSPS) is 12.2. The number of nitrogens with zero attached hydrogens (tertiary/aromatic N) is 1. The van der Waals surface area contributed by atoms with Crippen LogP contribution in [0.1, 0.15) is 41.0 Å². The molecule has 0 spiro atoms. The molecule has 21 heavy (non-hydrogen) atoms. The van der Waals surface area contributed by atoms with Crippen molar-refractivity contribution in [2.75, 3.05) is 39.1 Å². The monoisotopic (exact) mass is 431 g/mol. The third-order valence-corrected chi connectivity index (χ3v) is 3.96. The highest BCUT2D eigenvalue weighted by Gasteiger charge is 2.15. The Bertz CT molecular complexity index is 274. The first-order valence-corrected chi connectivity index (χ1v) is 8.79. The van der Waals surface area contributed by atoms with Gasteiger partial charge in [0.1, 0.15) is 0 Å². The summed E-state index contributed by atoms with van der Waals surface area (Å²) in [5.74, 6) is 1.51. The Balaban J connectivity index is 0. The van der Waals surface area contributed by atoms with Gasteiger partial charge in [-0.25, -0.2) is 0 Å². The second kappa shape index (κ2) is 13.9. The van der Waals surface area contributed by atoms with E-state index in [1.807, 2.05) is 11.8 Å². The summed E-state index contributed by atoms with van der Waals surface area (Å²) in [6.07, 6.45) is 3.13. The highest BCUT2D eigenvalue weighted by Crippen LogP contribution is 2.20. The predicted molar refractivity (Wildman–Crippen MR) is 107 cm³/mol. The Morgan fingerprint density at radius 3 is 2.48 bits per heavy atom. The average Bonchev–Trinajstić information content (AvgIpc) is 2.39. The van der Waals surface area contributed by atoms with Crippen LogP contribution in [0, 0.1) is 5.92 Å². The molecule has 0 bridgehead atoms. The zero-order chi connectivity index (χ0) is 15.4. The number of thioether (sulfide) groups is 1. The third kappa shape index (κ3) is 15.0. The molecule has 4 nitrogen and oxygen atoms in total. The van der Waals surface area contributed by atoms with Crippen LogP contribution in [0.3, 0.4) is 0 Å². The van der Waals surface area contributed by atoms with Gasteiger partial charge in [0.05, 0.1) is 6.54 Å². The van der Waals surface area contributed by atoms with E-state index in [0.29, 0.717) is 5.92 Å². The molecule has 0 amide bonds. The summed E-state index contributed by atoms with van der Waals surface area (Å²) in [7, 11) is 0. The molecule has 0 aliphatic rings. The molecule has 0 aromatic carbocycles. The second-order valence-electron chi connectivity index (χ2n) is 5.91. The van der Waals surface area contributed by atoms with Crippen LogP contribution in [0.25, 0.3) is 0 Å². The molecular formula is C15H34IN3OS. The van der Waals surface area contributed by atoms with Crippen molar-refractivity contribution in [3.63, 3.8) is 0 Å². The van der Waals surface area contributed by atoms with Gasteiger partial charge >= 0.3 is 0 Å². The van der Waals surface area contributed by atoms with Crippen molar-refractivity contribution in [1.82, 2.24) is 10.6 Å². The molecule has 0 aromatic heterocycles. The summed E-state index contributed by atoms with van der Waals surface area (Å²) in [5.41, 5.74) is 0. The number of guanidine groups is 1. The van der Waals surface area contributed by atoms with Crippen molar-refractivity contribution in [1.29, 1.82) is 0 Å². The molecular weight excluding hydrogens is 397 g/mol. The Labute approximate surface area is 152 Å². The number of ether oxygens (including phenoxy) is 1. The van der Waals surface area contributed by atoms with Crippen LogP contribution in [0.2, 0.25) is 0 Å². The van der Waals surface area contributed by atoms with E-state index in [2.05, 4.69) is 56.5 Å². The molecule has 0 aromatic rings. The van der Waals surface area contributed by atoms with E-state index in [9.17, 15) is 0 Å². The Hall–Kier alpha value is 0.310. The number of rotatable bonds is 10. The molecule has 0 fully saturated rings. The van der Waals surface area contributed by atoms with Gasteiger partial charge in [0.15, 0.2) is 5.96 Å². The lowest BCUT2D eigenvalue weighted by atomic mass is 10.2. The smallest absolute Gasteiger partial charge is 0.191 e. The van der Waals surface area contributed by atoms with E-state index in [1.165, 1.54) is 0 Å². The van der Waals surface area contributed by atoms with E-state index >= 15 is 0 Å². The molecule has 0 atom stereocenters. The molecule has 0 radical (unpaired) electrons. The second-order valence-corrected chi connectivity index (χ2v) is 7.42. The lowest BCUT2D eigenvalue weighted by molar-refractivity contribution is 0.108. The largest absolute Gasteiger partial charge is 0.381 e. The fourth-order valence-electron chi connectivity index (χ4n) is 1.38. The van der Waals surface area contributed by atoms with Crippen LogP contribution in [0.15, 0.2) is 4.99 Å². The van der Waals surface area contributed by atoms with E-state index in [0.717, 1.165) is 45.2 Å². The quantitative estimate of drug-likeness (QED) is 0.241. The van der Waals surface area contributed by atoms with Crippen LogP contribution in [-0.2, 0) is 4.74 Å². The zero-order valence-electron chi connectivity index (χ0n) is 14.5. The molecule has 0 saturated heterocycles. The molecule has 0 heterocycles. The van der Waals surface area contributed by atoms with Crippen LogP contribution in [0.5, 0.6) is 0 Å². The maximum absolute atomic E-state index is 5.56. The maximum atomic E-state index is 5.56. The minimum absolute atomic E-state index is 0. The summed E-state index contributed by atoms with van der Waals surface area (Å²) < 4.78 is 5.75. The first kappa shape index (κ1) is 23.6. The van der Waals surface area contributed by atoms with Crippen LogP contribution in [0.4, 0.5) is 0 Å². The highest BCUT2D eigenvalue weighted by molar-refractivity contribution is 14.0. The van der Waals surface area contributed by atoms with Gasteiger partial charge in [-0.3, -0.25) is 4.99 Å². The Morgan fingerprint density at radius 1 is 1.29 bits per heavy atom. The van der Waals surface area contributed by atoms with Crippen LogP contribution < -0.4 is 10.6 Å². The van der Waals surface area contributed by atoms with Gasteiger partial charge in [-0.15, -0.1) is 24.0 Å². The van der Waals surface area contributed by atoms with Crippen LogP contribution >= 0.6 is 35.7 Å². The summed E-state index contributed by atoms with van der Waals surface area (Å²) in [6.45, 7) is 15.1. The predicted octanol–water partition coefficient (Wildman–Crippen LogP) is 3.36. The Morgan fingerprint density at radius 2 is 1.95 bits per heavy atom. The average molecular weight is 431 g/mol. The van der Waals surface area contributed by atoms with Gasteiger partial charge in [-0.2, -0.15) is 11.8 Å². The zero-order valence-corrected chi connectivity index (χ0v) is 17.6.